The van der Waals surface area contributed by atoms with E-state index in [1.807, 2.05) is 22.2 Å². The maximum absolute atomic E-state index is 12.1. The van der Waals surface area contributed by atoms with Crippen LogP contribution in [-0.4, -0.2) is 16.8 Å². The van der Waals surface area contributed by atoms with Gasteiger partial charge in [-0.3, -0.25) is 9.59 Å². The first-order valence-electron chi connectivity index (χ1n) is 7.24. The molecule has 3 rings (SSSR count). The highest BCUT2D eigenvalue weighted by molar-refractivity contribution is 7.14. The van der Waals surface area contributed by atoms with E-state index in [0.29, 0.717) is 5.69 Å². The van der Waals surface area contributed by atoms with Crippen LogP contribution in [0.25, 0.3) is 10.6 Å². The highest BCUT2D eigenvalue weighted by Gasteiger charge is 2.10. The van der Waals surface area contributed by atoms with E-state index < -0.39 is 0 Å². The third-order valence-corrected chi connectivity index (χ3v) is 4.90. The molecule has 24 heavy (non-hydrogen) atoms. The Morgan fingerprint density at radius 3 is 2.54 bits per heavy atom. The second kappa shape index (κ2) is 7.37. The summed E-state index contributed by atoms with van der Waals surface area (Å²) in [7, 11) is 0. The first-order valence-corrected chi connectivity index (χ1v) is 9.06. The molecule has 3 aromatic rings. The van der Waals surface area contributed by atoms with Gasteiger partial charge in [0.2, 0.25) is 11.8 Å². The van der Waals surface area contributed by atoms with Crippen molar-refractivity contribution in [2.75, 3.05) is 5.32 Å². The van der Waals surface area contributed by atoms with Crippen molar-refractivity contribution in [2.24, 2.45) is 5.73 Å². The molecule has 0 aliphatic carbocycles. The van der Waals surface area contributed by atoms with Crippen LogP contribution in [0.2, 0.25) is 0 Å². The zero-order chi connectivity index (χ0) is 16.9. The summed E-state index contributed by atoms with van der Waals surface area (Å²) >= 11 is 3.16. The normalized spacial score (nSPS) is 10.5. The predicted molar refractivity (Wildman–Crippen MR) is 97.1 cm³/mol. The van der Waals surface area contributed by atoms with Gasteiger partial charge in [-0.05, 0) is 29.1 Å². The number of carbonyl (C=O) groups is 2. The molecule has 0 fully saturated rings. The quantitative estimate of drug-likeness (QED) is 0.711. The lowest BCUT2D eigenvalue weighted by atomic mass is 10.1. The highest BCUT2D eigenvalue weighted by atomic mass is 32.1. The summed E-state index contributed by atoms with van der Waals surface area (Å²) in [5.41, 5.74) is 8.49. The Morgan fingerprint density at radius 1 is 1.08 bits per heavy atom. The van der Waals surface area contributed by atoms with Crippen molar-refractivity contribution >= 4 is 40.2 Å². The van der Waals surface area contributed by atoms with Crippen LogP contribution < -0.4 is 11.1 Å². The van der Waals surface area contributed by atoms with Crippen molar-refractivity contribution in [1.29, 1.82) is 0 Å². The van der Waals surface area contributed by atoms with Crippen LogP contribution in [0.4, 0.5) is 5.69 Å². The van der Waals surface area contributed by atoms with E-state index in [1.54, 1.807) is 35.6 Å². The molecule has 3 N–H and O–H groups in total. The lowest BCUT2D eigenvalue weighted by molar-refractivity contribution is -0.117. The number of thiazole rings is 1. The molecule has 1 aromatic carbocycles. The smallest absolute Gasteiger partial charge is 0.230 e. The number of hydrogen-bond acceptors (Lipinski definition) is 5. The average Bonchev–Trinajstić information content (AvgIpc) is 3.19. The molecule has 0 saturated carbocycles. The van der Waals surface area contributed by atoms with Crippen molar-refractivity contribution in [3.05, 3.63) is 57.7 Å². The number of aromatic nitrogens is 1. The van der Waals surface area contributed by atoms with Crippen LogP contribution in [0.3, 0.4) is 0 Å². The fourth-order valence-electron chi connectivity index (χ4n) is 2.18. The molecule has 0 aliphatic rings. The molecular weight excluding hydrogens is 342 g/mol. The third-order valence-electron chi connectivity index (χ3n) is 3.28. The number of benzene rings is 1. The standard InChI is InChI=1S/C17H15N3O2S2/c18-15(21)7-11-1-3-13(4-2-11)19-16(22)8-14-10-24-17(20-14)12-5-6-23-9-12/h1-6,9-10H,7-8H2,(H2,18,21)(H,19,22). The summed E-state index contributed by atoms with van der Waals surface area (Å²) in [4.78, 5) is 27.5. The minimum absolute atomic E-state index is 0.125. The maximum atomic E-state index is 12.1. The van der Waals surface area contributed by atoms with Crippen LogP contribution in [-0.2, 0) is 22.4 Å². The molecule has 0 unspecified atom stereocenters. The molecule has 5 nitrogen and oxygen atoms in total. The van der Waals surface area contributed by atoms with Crippen LogP contribution in [0.15, 0.2) is 46.5 Å². The van der Waals surface area contributed by atoms with E-state index in [4.69, 9.17) is 5.73 Å². The van der Waals surface area contributed by atoms with Gasteiger partial charge >= 0.3 is 0 Å². The fraction of sp³-hybridized carbons (Fsp3) is 0.118. The molecule has 122 valence electrons. The van der Waals surface area contributed by atoms with Crippen molar-refractivity contribution < 1.29 is 9.59 Å². The van der Waals surface area contributed by atoms with Gasteiger partial charge in [-0.1, -0.05) is 12.1 Å². The van der Waals surface area contributed by atoms with Crippen LogP contribution in [0.1, 0.15) is 11.3 Å². The molecular formula is C17H15N3O2S2. The number of nitrogens with two attached hydrogens (primary N) is 1. The van der Waals surface area contributed by atoms with E-state index in [2.05, 4.69) is 10.3 Å². The molecule has 0 aliphatic heterocycles. The molecule has 7 heteroatoms. The summed E-state index contributed by atoms with van der Waals surface area (Å²) in [5.74, 6) is -0.503. The molecule has 0 saturated heterocycles. The van der Waals surface area contributed by atoms with E-state index >= 15 is 0 Å². The topological polar surface area (TPSA) is 85.1 Å². The van der Waals surface area contributed by atoms with Gasteiger partial charge in [0.15, 0.2) is 0 Å². The van der Waals surface area contributed by atoms with E-state index in [9.17, 15) is 9.59 Å². The van der Waals surface area contributed by atoms with Gasteiger partial charge in [-0.25, -0.2) is 4.98 Å². The number of anilines is 1. The van der Waals surface area contributed by atoms with Crippen molar-refractivity contribution in [3.8, 4) is 10.6 Å². The zero-order valence-electron chi connectivity index (χ0n) is 12.7. The molecule has 0 radical (unpaired) electrons. The number of amides is 2. The van der Waals surface area contributed by atoms with Gasteiger partial charge in [0, 0.05) is 22.0 Å². The van der Waals surface area contributed by atoms with Crippen molar-refractivity contribution in [2.45, 2.75) is 12.8 Å². The van der Waals surface area contributed by atoms with Gasteiger partial charge in [-0.2, -0.15) is 11.3 Å². The monoisotopic (exact) mass is 357 g/mol. The van der Waals surface area contributed by atoms with Gasteiger partial charge in [0.25, 0.3) is 0 Å². The predicted octanol–water partition coefficient (Wildman–Crippen LogP) is 3.08. The number of nitrogens with zero attached hydrogens (tertiary/aromatic N) is 1. The second-order valence-corrected chi connectivity index (χ2v) is 6.86. The minimum Gasteiger partial charge on any atom is -0.369 e. The number of rotatable bonds is 6. The Labute approximate surface area is 147 Å². The summed E-state index contributed by atoms with van der Waals surface area (Å²) in [5, 5.41) is 9.70. The second-order valence-electron chi connectivity index (χ2n) is 5.22. The Balaban J connectivity index is 1.58. The summed E-state index contributed by atoms with van der Waals surface area (Å²) in [6.07, 6.45) is 0.419. The SMILES string of the molecule is NC(=O)Cc1ccc(NC(=O)Cc2csc(-c3ccsc3)n2)cc1. The van der Waals surface area contributed by atoms with E-state index in [1.165, 1.54) is 11.3 Å². The maximum Gasteiger partial charge on any atom is 0.230 e. The average molecular weight is 357 g/mol. The molecule has 2 amide bonds. The Bertz CT molecular complexity index is 839. The number of nitrogens with one attached hydrogen (secondary N) is 1. The zero-order valence-corrected chi connectivity index (χ0v) is 14.3. The summed E-state index contributed by atoms with van der Waals surface area (Å²) in [6, 6.07) is 9.08. The van der Waals surface area contributed by atoms with Crippen molar-refractivity contribution in [1.82, 2.24) is 4.98 Å². The summed E-state index contributed by atoms with van der Waals surface area (Å²) < 4.78 is 0. The number of carbonyl (C=O) groups excluding carboxylic acids is 2. The van der Waals surface area contributed by atoms with Crippen LogP contribution >= 0.6 is 22.7 Å². The first kappa shape index (κ1) is 16.4. The molecule has 2 heterocycles. The lowest BCUT2D eigenvalue weighted by Crippen LogP contribution is -2.15. The molecule has 2 aromatic heterocycles. The van der Waals surface area contributed by atoms with Gasteiger partial charge < -0.3 is 11.1 Å². The number of hydrogen-bond donors (Lipinski definition) is 2. The summed E-state index contributed by atoms with van der Waals surface area (Å²) in [6.45, 7) is 0. The van der Waals surface area contributed by atoms with Gasteiger partial charge in [0.1, 0.15) is 5.01 Å². The van der Waals surface area contributed by atoms with Crippen LogP contribution in [0, 0.1) is 0 Å². The Morgan fingerprint density at radius 2 is 1.88 bits per heavy atom. The first-order chi connectivity index (χ1) is 11.6. The highest BCUT2D eigenvalue weighted by Crippen LogP contribution is 2.25. The van der Waals surface area contributed by atoms with Crippen LogP contribution in [0.5, 0.6) is 0 Å². The number of thiophene rings is 1. The number of primary amides is 1. The fourth-order valence-corrected chi connectivity index (χ4v) is 3.72. The Hall–Kier alpha value is -2.51. The van der Waals surface area contributed by atoms with E-state index in [-0.39, 0.29) is 24.7 Å². The molecule has 0 atom stereocenters. The van der Waals surface area contributed by atoms with Gasteiger partial charge in [0.05, 0.1) is 18.5 Å². The van der Waals surface area contributed by atoms with Gasteiger partial charge in [-0.15, -0.1) is 11.3 Å². The Kier molecular flexibility index (Phi) is 5.02. The molecule has 0 spiro atoms. The largest absolute Gasteiger partial charge is 0.369 e. The van der Waals surface area contributed by atoms with E-state index in [0.717, 1.165) is 21.8 Å². The van der Waals surface area contributed by atoms with Crippen molar-refractivity contribution in [3.63, 3.8) is 0 Å². The minimum atomic E-state index is -0.378. The lowest BCUT2D eigenvalue weighted by Gasteiger charge is -2.05. The third kappa shape index (κ3) is 4.27. The molecule has 0 bridgehead atoms.